The molecule has 4 aromatic rings. The lowest BCUT2D eigenvalue weighted by molar-refractivity contribution is 0.201. The van der Waals surface area contributed by atoms with E-state index in [2.05, 4.69) is 24.9 Å². The molecule has 4 aromatic heterocycles. The zero-order valence-corrected chi connectivity index (χ0v) is 19.1. The van der Waals surface area contributed by atoms with Gasteiger partial charge in [0.25, 0.3) is 0 Å². The molecular formula is C22H22ClN5O2S. The summed E-state index contributed by atoms with van der Waals surface area (Å²) in [6.45, 7) is 6.55. The molecule has 0 unspecified atom stereocenters. The highest BCUT2D eigenvalue weighted by molar-refractivity contribution is 7.11. The first kappa shape index (κ1) is 21.4. The Balaban J connectivity index is 1.35. The van der Waals surface area contributed by atoms with Crippen molar-refractivity contribution < 1.29 is 9.47 Å². The summed E-state index contributed by atoms with van der Waals surface area (Å²) in [5.74, 6) is 0.494. The molecule has 0 aromatic carbocycles. The lowest BCUT2D eigenvalue weighted by Crippen LogP contribution is -2.12. The van der Waals surface area contributed by atoms with Gasteiger partial charge in [-0.15, -0.1) is 11.3 Å². The monoisotopic (exact) mass is 455 g/mol. The molecule has 7 nitrogen and oxygen atoms in total. The van der Waals surface area contributed by atoms with Gasteiger partial charge in [-0.05, 0) is 51.8 Å². The van der Waals surface area contributed by atoms with Crippen LogP contribution in [0.2, 0.25) is 5.15 Å². The summed E-state index contributed by atoms with van der Waals surface area (Å²) in [6.07, 6.45) is 3.31. The Morgan fingerprint density at radius 2 is 1.77 bits per heavy atom. The zero-order valence-electron chi connectivity index (χ0n) is 17.6. The van der Waals surface area contributed by atoms with E-state index in [9.17, 15) is 0 Å². The fourth-order valence-corrected chi connectivity index (χ4v) is 4.27. The van der Waals surface area contributed by atoms with Gasteiger partial charge in [0.05, 0.1) is 16.4 Å². The Kier molecular flexibility index (Phi) is 6.58. The molecule has 160 valence electrons. The number of rotatable bonds is 8. The third-order valence-electron chi connectivity index (χ3n) is 4.76. The maximum atomic E-state index is 6.31. The Morgan fingerprint density at radius 3 is 2.58 bits per heavy atom. The van der Waals surface area contributed by atoms with Crippen molar-refractivity contribution in [3.63, 3.8) is 0 Å². The van der Waals surface area contributed by atoms with Gasteiger partial charge in [-0.2, -0.15) is 15.0 Å². The number of nitrogens with zero attached hydrogens (tertiary/aromatic N) is 5. The van der Waals surface area contributed by atoms with Crippen LogP contribution in [0.15, 0.2) is 30.5 Å². The maximum Gasteiger partial charge on any atom is 0.318 e. The molecule has 0 radical (unpaired) electrons. The number of pyridine rings is 2. The molecule has 0 atom stereocenters. The molecule has 31 heavy (non-hydrogen) atoms. The van der Waals surface area contributed by atoms with Crippen LogP contribution < -0.4 is 9.47 Å². The van der Waals surface area contributed by atoms with Gasteiger partial charge < -0.3 is 9.47 Å². The molecular weight excluding hydrogens is 434 g/mol. The summed E-state index contributed by atoms with van der Waals surface area (Å²) in [6, 6.07) is 7.81. The molecule has 0 saturated heterocycles. The second-order valence-corrected chi connectivity index (χ2v) is 8.65. The van der Waals surface area contributed by atoms with Gasteiger partial charge in [-0.25, -0.2) is 9.97 Å². The van der Waals surface area contributed by atoms with E-state index < -0.39 is 0 Å². The molecule has 4 rings (SSSR count). The van der Waals surface area contributed by atoms with Gasteiger partial charge in [-0.3, -0.25) is 0 Å². The molecule has 0 spiro atoms. The van der Waals surface area contributed by atoms with E-state index in [0.717, 1.165) is 40.2 Å². The average molecular weight is 456 g/mol. The maximum absolute atomic E-state index is 6.31. The molecule has 0 saturated carbocycles. The minimum absolute atomic E-state index is 0.250. The molecule has 0 aliphatic heterocycles. The van der Waals surface area contributed by atoms with E-state index in [1.165, 1.54) is 4.88 Å². The van der Waals surface area contributed by atoms with Crippen LogP contribution in [0.3, 0.4) is 0 Å². The Labute approximate surface area is 189 Å². The largest absolute Gasteiger partial charge is 0.474 e. The summed E-state index contributed by atoms with van der Waals surface area (Å²) in [5.41, 5.74) is 3.47. The number of aromatic nitrogens is 5. The van der Waals surface area contributed by atoms with Gasteiger partial charge in [-0.1, -0.05) is 11.6 Å². The number of aryl methyl sites for hydroxylation is 4. The van der Waals surface area contributed by atoms with E-state index in [4.69, 9.17) is 21.1 Å². The molecule has 4 heterocycles. The lowest BCUT2D eigenvalue weighted by Gasteiger charge is -2.10. The normalized spacial score (nSPS) is 11.1. The van der Waals surface area contributed by atoms with E-state index in [1.54, 1.807) is 17.5 Å². The summed E-state index contributed by atoms with van der Waals surface area (Å²) in [7, 11) is 0. The average Bonchev–Trinajstić information content (AvgIpc) is 3.09. The van der Waals surface area contributed by atoms with Crippen LogP contribution in [0.4, 0.5) is 0 Å². The van der Waals surface area contributed by atoms with E-state index in [1.807, 2.05) is 45.0 Å². The highest BCUT2D eigenvalue weighted by Crippen LogP contribution is 2.23. The van der Waals surface area contributed by atoms with E-state index >= 15 is 0 Å². The van der Waals surface area contributed by atoms with Crippen LogP contribution in [0, 0.1) is 20.8 Å². The minimum Gasteiger partial charge on any atom is -0.474 e. The fraction of sp³-hybridized carbons (Fsp3) is 0.318. The van der Waals surface area contributed by atoms with Crippen molar-refractivity contribution in [2.24, 2.45) is 0 Å². The first-order valence-corrected chi connectivity index (χ1v) is 11.1. The SMILES string of the molecule is Cc1nc(C)c(CCc2nc(OCCOc3ccc4cccnc4n3)nc(Cl)c2C)s1. The Morgan fingerprint density at radius 1 is 0.935 bits per heavy atom. The van der Waals surface area contributed by atoms with Crippen molar-refractivity contribution in [2.45, 2.75) is 33.6 Å². The minimum atomic E-state index is 0.250. The molecule has 0 amide bonds. The number of hydrogen-bond donors (Lipinski definition) is 0. The quantitative estimate of drug-likeness (QED) is 0.281. The van der Waals surface area contributed by atoms with Crippen LogP contribution >= 0.6 is 22.9 Å². The van der Waals surface area contributed by atoms with Gasteiger partial charge in [0.1, 0.15) is 18.4 Å². The lowest BCUT2D eigenvalue weighted by atomic mass is 10.1. The summed E-state index contributed by atoms with van der Waals surface area (Å²) >= 11 is 8.03. The zero-order chi connectivity index (χ0) is 21.8. The second kappa shape index (κ2) is 9.53. The molecule has 9 heteroatoms. The number of ether oxygens (including phenoxy) is 2. The van der Waals surface area contributed by atoms with Gasteiger partial charge in [0.2, 0.25) is 5.88 Å². The van der Waals surface area contributed by atoms with Crippen LogP contribution in [-0.2, 0) is 12.8 Å². The third-order valence-corrected chi connectivity index (χ3v) is 6.26. The summed E-state index contributed by atoms with van der Waals surface area (Å²) in [4.78, 5) is 23.1. The highest BCUT2D eigenvalue weighted by atomic mass is 35.5. The van der Waals surface area contributed by atoms with Crippen molar-refractivity contribution in [2.75, 3.05) is 13.2 Å². The first-order valence-electron chi connectivity index (χ1n) is 9.93. The standard InChI is InChI=1S/C22H22ClN5O2S/c1-13-17(7-8-18-14(2)25-15(3)31-18)26-22(28-20(13)23)30-12-11-29-19-9-6-16-5-4-10-24-21(16)27-19/h4-6,9-10H,7-8,11-12H2,1-3H3. The Hall–Kier alpha value is -2.84. The topological polar surface area (TPSA) is 82.9 Å². The van der Waals surface area contributed by atoms with Crippen molar-refractivity contribution in [1.82, 2.24) is 24.9 Å². The van der Waals surface area contributed by atoms with Crippen molar-refractivity contribution >= 4 is 34.0 Å². The molecule has 0 fully saturated rings. The smallest absolute Gasteiger partial charge is 0.318 e. The summed E-state index contributed by atoms with van der Waals surface area (Å²) < 4.78 is 11.4. The molecule has 0 aliphatic carbocycles. The second-order valence-electron chi connectivity index (χ2n) is 7.01. The van der Waals surface area contributed by atoms with Crippen molar-refractivity contribution in [3.05, 3.63) is 62.5 Å². The summed E-state index contributed by atoms with van der Waals surface area (Å²) in [5, 5.41) is 2.44. The predicted molar refractivity (Wildman–Crippen MR) is 121 cm³/mol. The van der Waals surface area contributed by atoms with Gasteiger partial charge >= 0.3 is 6.01 Å². The number of fused-ring (bicyclic) bond motifs is 1. The number of halogens is 1. The molecule has 0 N–H and O–H groups in total. The number of thiazole rings is 1. The predicted octanol–water partition coefficient (Wildman–Crippen LogP) is 4.70. The Bertz CT molecular complexity index is 1210. The van der Waals surface area contributed by atoms with E-state index in [-0.39, 0.29) is 12.6 Å². The first-order chi connectivity index (χ1) is 15.0. The van der Waals surface area contributed by atoms with Crippen LogP contribution in [0.25, 0.3) is 11.0 Å². The van der Waals surface area contributed by atoms with Crippen molar-refractivity contribution in [3.8, 4) is 11.9 Å². The number of hydrogen-bond acceptors (Lipinski definition) is 8. The van der Waals surface area contributed by atoms with Gasteiger partial charge in [0, 0.05) is 28.1 Å². The van der Waals surface area contributed by atoms with E-state index in [0.29, 0.717) is 23.3 Å². The van der Waals surface area contributed by atoms with Gasteiger partial charge in [0.15, 0.2) is 5.65 Å². The fourth-order valence-electron chi connectivity index (χ4n) is 3.15. The van der Waals surface area contributed by atoms with Crippen LogP contribution in [0.1, 0.15) is 26.8 Å². The van der Waals surface area contributed by atoms with Crippen LogP contribution in [0.5, 0.6) is 11.9 Å². The van der Waals surface area contributed by atoms with Crippen LogP contribution in [-0.4, -0.2) is 38.1 Å². The molecule has 0 aliphatic rings. The molecule has 0 bridgehead atoms. The highest BCUT2D eigenvalue weighted by Gasteiger charge is 2.13. The van der Waals surface area contributed by atoms with Crippen molar-refractivity contribution in [1.29, 1.82) is 0 Å². The third kappa shape index (κ3) is 5.26.